The van der Waals surface area contributed by atoms with Crippen molar-refractivity contribution in [2.45, 2.75) is 82.5 Å². The molecule has 1 fully saturated rings. The first-order valence-corrected chi connectivity index (χ1v) is 20.5. The van der Waals surface area contributed by atoms with Crippen molar-refractivity contribution in [3.8, 4) is 17.2 Å². The molecule has 0 bridgehead atoms. The fourth-order valence-corrected chi connectivity index (χ4v) is 9.32. The van der Waals surface area contributed by atoms with Gasteiger partial charge in [-0.05, 0) is 115 Å². The van der Waals surface area contributed by atoms with Crippen LogP contribution in [-0.2, 0) is 35.7 Å². The van der Waals surface area contributed by atoms with Crippen molar-refractivity contribution in [3.05, 3.63) is 146 Å². The van der Waals surface area contributed by atoms with Crippen molar-refractivity contribution in [3.63, 3.8) is 0 Å². The van der Waals surface area contributed by atoms with Crippen LogP contribution in [-0.4, -0.2) is 46.9 Å². The molecule has 3 heterocycles. The maximum Gasteiger partial charge on any atom is 0.256 e. The number of aryl methyl sites for hydroxylation is 1. The Hall–Kier alpha value is -5.45. The molecule has 1 aliphatic carbocycles. The van der Waals surface area contributed by atoms with Crippen LogP contribution in [0.1, 0.15) is 99.0 Å². The third-order valence-electron chi connectivity index (χ3n) is 11.3. The topological polar surface area (TPSA) is 117 Å². The van der Waals surface area contributed by atoms with Crippen LogP contribution in [0.5, 0.6) is 17.2 Å². The van der Waals surface area contributed by atoms with Crippen molar-refractivity contribution in [1.82, 2.24) is 15.5 Å². The summed E-state index contributed by atoms with van der Waals surface area (Å²) < 4.78 is 12.2. The number of rotatable bonds is 15. The van der Waals surface area contributed by atoms with Gasteiger partial charge in [0.15, 0.2) is 0 Å². The molecule has 1 unspecified atom stereocenters. The molecule has 1 aromatic heterocycles. The molecule has 4 aromatic carbocycles. The number of ether oxygens (including phenoxy) is 2. The first-order chi connectivity index (χ1) is 27.4. The average Bonchev–Trinajstić information content (AvgIpc) is 3.77. The van der Waals surface area contributed by atoms with E-state index >= 15 is 0 Å². The number of unbranched alkanes of at least 4 members (excludes halogenated alkanes) is 2. The summed E-state index contributed by atoms with van der Waals surface area (Å²) >= 11 is 1.50. The molecule has 0 radical (unpaired) electrons. The van der Waals surface area contributed by atoms with Gasteiger partial charge >= 0.3 is 0 Å². The first kappa shape index (κ1) is 37.5. The average molecular weight is 770 g/mol. The van der Waals surface area contributed by atoms with Crippen LogP contribution in [0.3, 0.4) is 0 Å². The minimum Gasteiger partial charge on any atom is -0.508 e. The van der Waals surface area contributed by atoms with Crippen LogP contribution in [0.25, 0.3) is 0 Å². The molecule has 56 heavy (non-hydrogen) atoms. The maximum atomic E-state index is 13.0. The Bertz CT molecular complexity index is 2170. The van der Waals surface area contributed by atoms with E-state index in [1.807, 2.05) is 29.6 Å². The van der Waals surface area contributed by atoms with Crippen LogP contribution >= 0.6 is 11.3 Å². The van der Waals surface area contributed by atoms with E-state index in [0.29, 0.717) is 43.4 Å². The predicted octanol–water partition coefficient (Wildman–Crippen LogP) is 7.99. The van der Waals surface area contributed by atoms with Crippen molar-refractivity contribution in [2.75, 3.05) is 13.2 Å². The molecule has 0 saturated carbocycles. The zero-order valence-corrected chi connectivity index (χ0v) is 32.2. The number of nitrogens with zero attached hydrogens (tertiary/aromatic N) is 1. The largest absolute Gasteiger partial charge is 0.508 e. The maximum absolute atomic E-state index is 13.0. The minimum absolute atomic E-state index is 0.160. The van der Waals surface area contributed by atoms with E-state index in [0.717, 1.165) is 67.1 Å². The van der Waals surface area contributed by atoms with Gasteiger partial charge in [-0.1, -0.05) is 60.7 Å². The molecular formula is C46H47N3O6S. The third kappa shape index (κ3) is 8.37. The van der Waals surface area contributed by atoms with Gasteiger partial charge in [-0.2, -0.15) is 0 Å². The highest BCUT2D eigenvalue weighted by Crippen LogP contribution is 2.47. The van der Waals surface area contributed by atoms with Crippen LogP contribution in [0.4, 0.5) is 0 Å². The lowest BCUT2D eigenvalue weighted by Crippen LogP contribution is -2.52. The quantitative estimate of drug-likeness (QED) is 0.0730. The Balaban J connectivity index is 0.738. The number of thiophene rings is 1. The zero-order valence-electron chi connectivity index (χ0n) is 31.4. The van der Waals surface area contributed by atoms with Gasteiger partial charge in [0.25, 0.3) is 5.91 Å². The molecule has 10 heteroatoms. The number of imide groups is 1. The van der Waals surface area contributed by atoms with Crippen molar-refractivity contribution in [2.24, 2.45) is 0 Å². The molecular weight excluding hydrogens is 723 g/mol. The fraction of sp³-hybridized carbons (Fsp3) is 0.326. The van der Waals surface area contributed by atoms with Gasteiger partial charge in [-0.15, -0.1) is 11.3 Å². The van der Waals surface area contributed by atoms with Gasteiger partial charge in [-0.3, -0.25) is 19.7 Å². The summed E-state index contributed by atoms with van der Waals surface area (Å²) in [5, 5.41) is 17.9. The van der Waals surface area contributed by atoms with Crippen LogP contribution in [0.15, 0.2) is 102 Å². The number of piperidine rings is 1. The predicted molar refractivity (Wildman–Crippen MR) is 216 cm³/mol. The smallest absolute Gasteiger partial charge is 0.256 e. The SMILES string of the molecule is O=C1CCC(N2Cc3c(csc3COc3ccc(CNCCCCCOc4ccc([C@@H]5c6ccc(O)cc6CC[C@@H]5c5ccccc5)cc4)cc3)C2=O)C(=O)N1. The number of amides is 3. The van der Waals surface area contributed by atoms with Crippen molar-refractivity contribution >= 4 is 29.1 Å². The van der Waals surface area contributed by atoms with Gasteiger partial charge < -0.3 is 24.8 Å². The first-order valence-electron chi connectivity index (χ1n) is 19.7. The summed E-state index contributed by atoms with van der Waals surface area (Å²) in [7, 11) is 0. The van der Waals surface area contributed by atoms with E-state index in [4.69, 9.17) is 9.47 Å². The van der Waals surface area contributed by atoms with Gasteiger partial charge in [0, 0.05) is 41.2 Å². The number of benzene rings is 4. The summed E-state index contributed by atoms with van der Waals surface area (Å²) in [5.41, 5.74) is 7.87. The summed E-state index contributed by atoms with van der Waals surface area (Å²) in [6.45, 7) is 3.09. The second-order valence-electron chi connectivity index (χ2n) is 15.0. The van der Waals surface area contributed by atoms with Gasteiger partial charge in [0.1, 0.15) is 29.9 Å². The molecule has 3 aliphatic rings. The van der Waals surface area contributed by atoms with Gasteiger partial charge in [0.05, 0.1) is 12.2 Å². The van der Waals surface area contributed by atoms with E-state index in [1.54, 1.807) is 4.90 Å². The lowest BCUT2D eigenvalue weighted by atomic mass is 9.69. The molecule has 8 rings (SSSR count). The summed E-state index contributed by atoms with van der Waals surface area (Å²) in [5.74, 6) is 1.74. The number of hydrogen-bond acceptors (Lipinski definition) is 8. The summed E-state index contributed by atoms with van der Waals surface area (Å²) in [6, 6.07) is 32.7. The minimum atomic E-state index is -0.615. The van der Waals surface area contributed by atoms with Crippen LogP contribution < -0.4 is 20.1 Å². The lowest BCUT2D eigenvalue weighted by Gasteiger charge is -2.34. The number of phenolic OH excluding ortho intramolecular Hbond substituents is 1. The van der Waals surface area contributed by atoms with Gasteiger partial charge in [-0.25, -0.2) is 0 Å². The molecule has 2 aliphatic heterocycles. The molecule has 3 atom stereocenters. The monoisotopic (exact) mass is 769 g/mol. The highest BCUT2D eigenvalue weighted by Gasteiger charge is 2.40. The number of hydrogen-bond donors (Lipinski definition) is 3. The Morgan fingerprint density at radius 1 is 0.821 bits per heavy atom. The van der Waals surface area contributed by atoms with Crippen molar-refractivity contribution in [1.29, 1.82) is 0 Å². The third-order valence-corrected chi connectivity index (χ3v) is 12.3. The summed E-state index contributed by atoms with van der Waals surface area (Å²) in [4.78, 5) is 39.5. The Labute approximate surface area is 331 Å². The summed E-state index contributed by atoms with van der Waals surface area (Å²) in [6.07, 6.45) is 5.72. The van der Waals surface area contributed by atoms with Crippen LogP contribution in [0, 0.1) is 0 Å². The number of carbonyl (C=O) groups excluding carboxylic acids is 3. The Kier molecular flexibility index (Phi) is 11.5. The number of fused-ring (bicyclic) bond motifs is 2. The van der Waals surface area contributed by atoms with E-state index < -0.39 is 11.9 Å². The molecule has 5 aromatic rings. The molecule has 9 nitrogen and oxygen atoms in total. The standard InChI is InChI=1S/C46H47N3O6S/c50-34-14-20-38-33(25-34)13-19-37(31-7-3-1-4-8-31)44(38)32-11-17-35(18-12-32)54-24-6-2-5-23-47-26-30-9-15-36(16-10-30)55-28-42-39-27-49(46(53)40(39)29-56-42)41-21-22-43(51)48-45(41)52/h1,3-4,7-12,14-18,20,25,29,37,41,44,47,50H,2,5-6,13,19,21-24,26-28H2,(H,48,51,52)/t37-,41?,44+/m1/s1. The number of nitrogens with one attached hydrogen (secondary N) is 2. The molecule has 0 spiro atoms. The molecule has 3 amide bonds. The zero-order chi connectivity index (χ0) is 38.4. The molecule has 1 saturated heterocycles. The highest BCUT2D eigenvalue weighted by atomic mass is 32.1. The number of carbonyl (C=O) groups is 3. The fourth-order valence-electron chi connectivity index (χ4n) is 8.38. The van der Waals surface area contributed by atoms with E-state index in [-0.39, 0.29) is 24.2 Å². The molecule has 3 N–H and O–H groups in total. The second kappa shape index (κ2) is 17.1. The van der Waals surface area contributed by atoms with E-state index in [2.05, 4.69) is 83.4 Å². The van der Waals surface area contributed by atoms with E-state index in [1.165, 1.54) is 39.2 Å². The normalized spacial score (nSPS) is 19.0. The Morgan fingerprint density at radius 2 is 1.61 bits per heavy atom. The van der Waals surface area contributed by atoms with Crippen LogP contribution in [0.2, 0.25) is 0 Å². The lowest BCUT2D eigenvalue weighted by molar-refractivity contribution is -0.136. The number of phenols is 1. The second-order valence-corrected chi connectivity index (χ2v) is 15.9. The van der Waals surface area contributed by atoms with E-state index in [9.17, 15) is 19.5 Å². The van der Waals surface area contributed by atoms with Crippen molar-refractivity contribution < 1.29 is 29.0 Å². The number of aromatic hydroxyl groups is 1. The molecule has 288 valence electrons. The van der Waals surface area contributed by atoms with Gasteiger partial charge in [0.2, 0.25) is 11.8 Å². The Morgan fingerprint density at radius 3 is 2.41 bits per heavy atom. The highest BCUT2D eigenvalue weighted by molar-refractivity contribution is 7.10.